The molecule has 2 aromatic carbocycles. The lowest BCUT2D eigenvalue weighted by molar-refractivity contribution is 0.415. The molecule has 3 rings (SSSR count). The molecule has 0 aliphatic carbocycles. The Balaban J connectivity index is 2.40. The lowest BCUT2D eigenvalue weighted by atomic mass is 10.0. The van der Waals surface area contributed by atoms with Gasteiger partial charge in [-0.05, 0) is 24.3 Å². The van der Waals surface area contributed by atoms with Crippen LogP contribution in [0.1, 0.15) is 0 Å². The first-order valence-corrected chi connectivity index (χ1v) is 7.09. The number of aromatic hydroxyl groups is 1. The summed E-state index contributed by atoms with van der Waals surface area (Å²) in [5.41, 5.74) is 0.991. The molecule has 0 spiro atoms. The Morgan fingerprint density at radius 2 is 1.95 bits per heavy atom. The van der Waals surface area contributed by atoms with E-state index in [1.54, 1.807) is 36.4 Å². The predicted octanol–water partition coefficient (Wildman–Crippen LogP) is 3.67. The zero-order valence-corrected chi connectivity index (χ0v) is 12.8. The van der Waals surface area contributed by atoms with Gasteiger partial charge in [-0.25, -0.2) is 0 Å². The molecular weight excluding hydrogens is 334 g/mol. The van der Waals surface area contributed by atoms with Gasteiger partial charge in [-0.3, -0.25) is 4.79 Å². The number of halogens is 1. The Morgan fingerprint density at radius 1 is 1.19 bits per heavy atom. The van der Waals surface area contributed by atoms with Crippen LogP contribution in [-0.4, -0.2) is 17.2 Å². The molecule has 0 saturated carbocycles. The Hall–Kier alpha value is -2.27. The van der Waals surface area contributed by atoms with Gasteiger partial charge in [-0.15, -0.1) is 0 Å². The van der Waals surface area contributed by atoms with Crippen LogP contribution in [0.25, 0.3) is 22.0 Å². The average molecular weight is 346 g/mol. The molecule has 1 aromatic heterocycles. The van der Waals surface area contributed by atoms with Crippen molar-refractivity contribution in [3.8, 4) is 22.6 Å². The van der Waals surface area contributed by atoms with Gasteiger partial charge in [0.15, 0.2) is 0 Å². The predicted molar refractivity (Wildman–Crippen MR) is 85.9 cm³/mol. The average Bonchev–Trinajstić information content (AvgIpc) is 2.49. The topological polar surface area (TPSA) is 62.3 Å². The van der Waals surface area contributed by atoms with Gasteiger partial charge in [-0.2, -0.15) is 0 Å². The molecule has 0 atom stereocenters. The number of para-hydroxylation sites is 1. The molecule has 106 valence electrons. The number of aromatic nitrogens is 1. The maximum absolute atomic E-state index is 12.3. The standard InChI is InChI=1S/C16H12BrNO3/c1-21-13-5-3-2-4-10(13)14-15(19)11-8-9(17)6-7-12(11)18-16(14)20/h2-8H,1H3,(H2,18,19,20). The van der Waals surface area contributed by atoms with Crippen molar-refractivity contribution in [3.63, 3.8) is 0 Å². The molecule has 0 aliphatic rings. The van der Waals surface area contributed by atoms with Crippen molar-refractivity contribution in [2.45, 2.75) is 0 Å². The Labute approximate surface area is 129 Å². The number of ether oxygens (including phenoxy) is 1. The second-order valence-electron chi connectivity index (χ2n) is 4.57. The summed E-state index contributed by atoms with van der Waals surface area (Å²) in [5, 5.41) is 11.1. The molecule has 0 radical (unpaired) electrons. The largest absolute Gasteiger partial charge is 0.506 e. The second-order valence-corrected chi connectivity index (χ2v) is 5.48. The highest BCUT2D eigenvalue weighted by molar-refractivity contribution is 9.10. The first kappa shape index (κ1) is 13.7. The summed E-state index contributed by atoms with van der Waals surface area (Å²) in [6.45, 7) is 0. The van der Waals surface area contributed by atoms with E-state index in [1.807, 2.05) is 6.07 Å². The number of fused-ring (bicyclic) bond motifs is 1. The summed E-state index contributed by atoms with van der Waals surface area (Å²) < 4.78 is 6.09. The van der Waals surface area contributed by atoms with Gasteiger partial charge in [0.05, 0.1) is 18.2 Å². The van der Waals surface area contributed by atoms with Crippen molar-refractivity contribution in [2.75, 3.05) is 7.11 Å². The van der Waals surface area contributed by atoms with Crippen molar-refractivity contribution in [1.29, 1.82) is 0 Å². The van der Waals surface area contributed by atoms with E-state index in [4.69, 9.17) is 4.74 Å². The Morgan fingerprint density at radius 3 is 2.71 bits per heavy atom. The number of rotatable bonds is 2. The smallest absolute Gasteiger partial charge is 0.260 e. The van der Waals surface area contributed by atoms with Crippen LogP contribution in [0.15, 0.2) is 51.7 Å². The first-order chi connectivity index (χ1) is 10.1. The minimum absolute atomic E-state index is 0.0560. The minimum atomic E-state index is -0.355. The molecule has 2 N–H and O–H groups in total. The molecule has 0 saturated heterocycles. The van der Waals surface area contributed by atoms with Gasteiger partial charge in [0, 0.05) is 15.4 Å². The summed E-state index contributed by atoms with van der Waals surface area (Å²) in [5.74, 6) is 0.479. The highest BCUT2D eigenvalue weighted by atomic mass is 79.9. The van der Waals surface area contributed by atoms with Crippen LogP contribution < -0.4 is 10.3 Å². The number of nitrogens with one attached hydrogen (secondary N) is 1. The van der Waals surface area contributed by atoms with Crippen molar-refractivity contribution in [2.24, 2.45) is 0 Å². The van der Waals surface area contributed by atoms with Crippen LogP contribution in [0.2, 0.25) is 0 Å². The summed E-state index contributed by atoms with van der Waals surface area (Å²) in [6, 6.07) is 12.4. The van der Waals surface area contributed by atoms with E-state index in [0.29, 0.717) is 22.2 Å². The number of pyridine rings is 1. The van der Waals surface area contributed by atoms with Crippen LogP contribution in [0.4, 0.5) is 0 Å². The van der Waals surface area contributed by atoms with Crippen molar-refractivity contribution in [3.05, 3.63) is 57.3 Å². The van der Waals surface area contributed by atoms with E-state index in [9.17, 15) is 9.90 Å². The van der Waals surface area contributed by atoms with Crippen LogP contribution in [0, 0.1) is 0 Å². The zero-order valence-electron chi connectivity index (χ0n) is 11.2. The van der Waals surface area contributed by atoms with E-state index in [-0.39, 0.29) is 16.9 Å². The van der Waals surface area contributed by atoms with Crippen molar-refractivity contribution in [1.82, 2.24) is 4.98 Å². The minimum Gasteiger partial charge on any atom is -0.506 e. The maximum atomic E-state index is 12.3. The number of hydrogen-bond acceptors (Lipinski definition) is 3. The highest BCUT2D eigenvalue weighted by Crippen LogP contribution is 2.37. The lowest BCUT2D eigenvalue weighted by Gasteiger charge is -2.11. The van der Waals surface area contributed by atoms with Crippen molar-refractivity contribution < 1.29 is 9.84 Å². The highest BCUT2D eigenvalue weighted by Gasteiger charge is 2.17. The molecule has 21 heavy (non-hydrogen) atoms. The number of aromatic amines is 1. The molecule has 0 amide bonds. The number of hydrogen-bond donors (Lipinski definition) is 2. The monoisotopic (exact) mass is 345 g/mol. The van der Waals surface area contributed by atoms with Gasteiger partial charge in [0.1, 0.15) is 11.5 Å². The zero-order chi connectivity index (χ0) is 15.0. The molecule has 3 aromatic rings. The van der Waals surface area contributed by atoms with Gasteiger partial charge in [0.25, 0.3) is 5.56 Å². The fraction of sp³-hybridized carbons (Fsp3) is 0.0625. The molecule has 1 heterocycles. The summed E-state index contributed by atoms with van der Waals surface area (Å²) >= 11 is 3.37. The molecule has 0 fully saturated rings. The normalized spacial score (nSPS) is 10.8. The third kappa shape index (κ3) is 2.29. The van der Waals surface area contributed by atoms with E-state index in [0.717, 1.165) is 4.47 Å². The van der Waals surface area contributed by atoms with Crippen LogP contribution in [0.5, 0.6) is 11.5 Å². The van der Waals surface area contributed by atoms with Crippen molar-refractivity contribution >= 4 is 26.8 Å². The van der Waals surface area contributed by atoms with Crippen LogP contribution in [-0.2, 0) is 0 Å². The van der Waals surface area contributed by atoms with Gasteiger partial charge < -0.3 is 14.8 Å². The van der Waals surface area contributed by atoms with E-state index in [1.165, 1.54) is 7.11 Å². The van der Waals surface area contributed by atoms with Gasteiger partial charge >= 0.3 is 0 Å². The maximum Gasteiger partial charge on any atom is 0.260 e. The number of benzene rings is 2. The summed E-state index contributed by atoms with van der Waals surface area (Å²) in [6.07, 6.45) is 0. The van der Waals surface area contributed by atoms with E-state index < -0.39 is 0 Å². The molecule has 0 bridgehead atoms. The van der Waals surface area contributed by atoms with Gasteiger partial charge in [0.2, 0.25) is 0 Å². The quantitative estimate of drug-likeness (QED) is 0.744. The van der Waals surface area contributed by atoms with E-state index >= 15 is 0 Å². The van der Waals surface area contributed by atoms with Gasteiger partial charge in [-0.1, -0.05) is 34.1 Å². The second kappa shape index (κ2) is 5.26. The number of H-pyrrole nitrogens is 1. The van der Waals surface area contributed by atoms with E-state index in [2.05, 4.69) is 20.9 Å². The third-order valence-corrected chi connectivity index (χ3v) is 3.82. The summed E-state index contributed by atoms with van der Waals surface area (Å²) in [4.78, 5) is 15.1. The molecular formula is C16H12BrNO3. The molecule has 5 heteroatoms. The molecule has 0 aliphatic heterocycles. The fourth-order valence-corrected chi connectivity index (χ4v) is 2.71. The Kier molecular flexibility index (Phi) is 3.43. The molecule has 0 unspecified atom stereocenters. The van der Waals surface area contributed by atoms with Crippen LogP contribution >= 0.6 is 15.9 Å². The molecule has 4 nitrogen and oxygen atoms in total. The lowest BCUT2D eigenvalue weighted by Crippen LogP contribution is -2.10. The fourth-order valence-electron chi connectivity index (χ4n) is 2.35. The number of methoxy groups -OCH3 is 1. The van der Waals surface area contributed by atoms with Crippen LogP contribution in [0.3, 0.4) is 0 Å². The summed E-state index contributed by atoms with van der Waals surface area (Å²) in [7, 11) is 1.53. The first-order valence-electron chi connectivity index (χ1n) is 6.29. The SMILES string of the molecule is COc1ccccc1-c1c(O)c2cc(Br)ccc2[nH]c1=O. The third-order valence-electron chi connectivity index (χ3n) is 3.33. The Bertz CT molecular complexity index is 886.